The molecule has 0 aliphatic carbocycles. The van der Waals surface area contributed by atoms with E-state index in [1.54, 1.807) is 0 Å². The van der Waals surface area contributed by atoms with Crippen molar-refractivity contribution in [1.29, 1.82) is 0 Å². The topological polar surface area (TPSA) is 44.7 Å². The van der Waals surface area contributed by atoms with Crippen LogP contribution in [-0.4, -0.2) is 18.3 Å². The molecule has 3 heterocycles. The van der Waals surface area contributed by atoms with Crippen molar-refractivity contribution >= 4 is 56.5 Å². The summed E-state index contributed by atoms with van der Waals surface area (Å²) in [5.41, 5.74) is 5.78. The molecule has 2 aromatic heterocycles. The monoisotopic (exact) mass is 460 g/mol. The average Bonchev–Trinajstić information content (AvgIpc) is 3.46. The maximum absolute atomic E-state index is 6.35. The lowest BCUT2D eigenvalue weighted by atomic mass is 9.79. The summed E-state index contributed by atoms with van der Waals surface area (Å²) >= 11 is 0. The van der Waals surface area contributed by atoms with Gasteiger partial charge in [0.15, 0.2) is 0 Å². The Morgan fingerprint density at radius 3 is 2.03 bits per heavy atom. The van der Waals surface area contributed by atoms with Gasteiger partial charge in [-0.25, -0.2) is 0 Å². The Balaban J connectivity index is 1.33. The Kier molecular flexibility index (Phi) is 4.16. The van der Waals surface area contributed by atoms with E-state index < -0.39 is 7.12 Å². The maximum atomic E-state index is 6.35. The van der Waals surface area contributed by atoms with Crippen molar-refractivity contribution < 1.29 is 18.1 Å². The zero-order valence-electron chi connectivity index (χ0n) is 20.2. The van der Waals surface area contributed by atoms with Gasteiger partial charge in [0.25, 0.3) is 0 Å². The van der Waals surface area contributed by atoms with Crippen LogP contribution in [0.2, 0.25) is 0 Å². The number of hydrogen-bond acceptors (Lipinski definition) is 4. The minimum atomic E-state index is -0.418. The van der Waals surface area contributed by atoms with Crippen molar-refractivity contribution in [1.82, 2.24) is 0 Å². The first-order valence-electron chi connectivity index (χ1n) is 12.0. The quantitative estimate of drug-likeness (QED) is 0.252. The summed E-state index contributed by atoms with van der Waals surface area (Å²) in [6, 6.07) is 27.0. The number of hydrogen-bond donors (Lipinski definition) is 0. The SMILES string of the molecule is CC1(C)OB(c2ccc3c(c2)oc2cc(-c4cccc5c4oc4ccccc45)ccc23)OC1(C)C. The molecule has 1 fully saturated rings. The van der Waals surface area contributed by atoms with Gasteiger partial charge < -0.3 is 18.1 Å². The van der Waals surface area contributed by atoms with Crippen molar-refractivity contribution in [2.75, 3.05) is 0 Å². The predicted octanol–water partition coefficient (Wildman–Crippen LogP) is 7.45. The first-order chi connectivity index (χ1) is 16.8. The van der Waals surface area contributed by atoms with E-state index in [1.165, 1.54) is 0 Å². The highest BCUT2D eigenvalue weighted by atomic mass is 16.7. The van der Waals surface area contributed by atoms with Crippen LogP contribution in [0.15, 0.2) is 87.7 Å². The lowest BCUT2D eigenvalue weighted by Gasteiger charge is -2.32. The highest BCUT2D eigenvalue weighted by Gasteiger charge is 2.51. The molecule has 6 aromatic rings. The Morgan fingerprint density at radius 1 is 0.571 bits per heavy atom. The van der Waals surface area contributed by atoms with Gasteiger partial charge in [-0.15, -0.1) is 0 Å². The van der Waals surface area contributed by atoms with Crippen molar-refractivity contribution in [2.24, 2.45) is 0 Å². The van der Waals surface area contributed by atoms with Gasteiger partial charge in [-0.3, -0.25) is 0 Å². The third kappa shape index (κ3) is 3.02. The average molecular weight is 460 g/mol. The van der Waals surface area contributed by atoms with E-state index >= 15 is 0 Å². The fourth-order valence-corrected chi connectivity index (χ4v) is 5.06. The van der Waals surface area contributed by atoms with Crippen LogP contribution >= 0.6 is 0 Å². The van der Waals surface area contributed by atoms with E-state index in [0.29, 0.717) is 0 Å². The molecule has 0 spiro atoms. The van der Waals surface area contributed by atoms with Gasteiger partial charge in [0.05, 0.1) is 11.2 Å². The molecule has 0 radical (unpaired) electrons. The molecule has 0 saturated carbocycles. The van der Waals surface area contributed by atoms with Crippen LogP contribution in [0.1, 0.15) is 27.7 Å². The summed E-state index contributed by atoms with van der Waals surface area (Å²) in [6.07, 6.45) is 0. The molecular weight excluding hydrogens is 435 g/mol. The van der Waals surface area contributed by atoms with Gasteiger partial charge in [0.2, 0.25) is 0 Å². The number of para-hydroxylation sites is 2. The van der Waals surface area contributed by atoms with Crippen LogP contribution in [0, 0.1) is 0 Å². The summed E-state index contributed by atoms with van der Waals surface area (Å²) in [4.78, 5) is 0. The van der Waals surface area contributed by atoms with Gasteiger partial charge in [0, 0.05) is 27.1 Å². The van der Waals surface area contributed by atoms with Crippen LogP contribution in [0.25, 0.3) is 55.0 Å². The molecule has 0 N–H and O–H groups in total. The molecule has 4 nitrogen and oxygen atoms in total. The fraction of sp³-hybridized carbons (Fsp3) is 0.200. The van der Waals surface area contributed by atoms with Gasteiger partial charge in [-0.05, 0) is 63.0 Å². The summed E-state index contributed by atoms with van der Waals surface area (Å²) in [6.45, 7) is 8.27. The van der Waals surface area contributed by atoms with E-state index in [1.807, 2.05) is 24.3 Å². The van der Waals surface area contributed by atoms with Crippen LogP contribution in [0.4, 0.5) is 0 Å². The molecule has 1 aliphatic heterocycles. The molecule has 1 saturated heterocycles. The standard InChI is InChI=1S/C30H25BO4/c1-29(2)30(3,4)35-31(34-29)19-13-15-23-22-14-12-18(16-26(22)32-27(23)17-19)20-9-7-10-24-21-8-5-6-11-25(21)33-28(20)24/h5-17H,1-4H3. The second-order valence-electron chi connectivity index (χ2n) is 10.4. The Hall–Kier alpha value is -3.54. The maximum Gasteiger partial charge on any atom is 0.494 e. The number of fused-ring (bicyclic) bond motifs is 6. The van der Waals surface area contributed by atoms with Gasteiger partial charge >= 0.3 is 7.12 Å². The molecule has 5 heteroatoms. The normalized spacial score (nSPS) is 17.3. The second kappa shape index (κ2) is 7.00. The van der Waals surface area contributed by atoms with Crippen molar-refractivity contribution in [2.45, 2.75) is 38.9 Å². The second-order valence-corrected chi connectivity index (χ2v) is 10.4. The molecule has 4 aromatic carbocycles. The highest BCUT2D eigenvalue weighted by Crippen LogP contribution is 2.39. The van der Waals surface area contributed by atoms with Gasteiger partial charge in [-0.2, -0.15) is 0 Å². The largest absolute Gasteiger partial charge is 0.494 e. The molecule has 0 unspecified atom stereocenters. The molecule has 35 heavy (non-hydrogen) atoms. The first-order valence-corrected chi connectivity index (χ1v) is 12.0. The Labute approximate surface area is 203 Å². The lowest BCUT2D eigenvalue weighted by molar-refractivity contribution is 0.00578. The third-order valence-corrected chi connectivity index (χ3v) is 7.74. The van der Waals surface area contributed by atoms with Crippen LogP contribution in [-0.2, 0) is 9.31 Å². The molecule has 172 valence electrons. The zero-order valence-corrected chi connectivity index (χ0v) is 20.2. The molecule has 1 aliphatic rings. The van der Waals surface area contributed by atoms with Gasteiger partial charge in [-0.1, -0.05) is 54.6 Å². The van der Waals surface area contributed by atoms with E-state index in [-0.39, 0.29) is 11.2 Å². The van der Waals surface area contributed by atoms with E-state index in [0.717, 1.165) is 60.5 Å². The lowest BCUT2D eigenvalue weighted by Crippen LogP contribution is -2.41. The summed E-state index contributed by atoms with van der Waals surface area (Å²) in [7, 11) is -0.418. The van der Waals surface area contributed by atoms with Crippen molar-refractivity contribution in [3.8, 4) is 11.1 Å². The van der Waals surface area contributed by atoms with E-state index in [4.69, 9.17) is 18.1 Å². The van der Waals surface area contributed by atoms with Crippen molar-refractivity contribution in [3.05, 3.63) is 78.9 Å². The van der Waals surface area contributed by atoms with Crippen LogP contribution in [0.5, 0.6) is 0 Å². The minimum absolute atomic E-state index is 0.382. The fourth-order valence-electron chi connectivity index (χ4n) is 5.06. The molecule has 0 bridgehead atoms. The molecule has 7 rings (SSSR count). The van der Waals surface area contributed by atoms with Crippen molar-refractivity contribution in [3.63, 3.8) is 0 Å². The summed E-state index contributed by atoms with van der Waals surface area (Å²) in [5, 5.41) is 4.41. The molecule has 0 amide bonds. The van der Waals surface area contributed by atoms with E-state index in [2.05, 4.69) is 82.3 Å². The van der Waals surface area contributed by atoms with E-state index in [9.17, 15) is 0 Å². The van der Waals surface area contributed by atoms with Crippen LogP contribution in [0.3, 0.4) is 0 Å². The molecule has 0 atom stereocenters. The van der Waals surface area contributed by atoms with Gasteiger partial charge in [0.1, 0.15) is 22.3 Å². The Bertz CT molecular complexity index is 1760. The number of rotatable bonds is 2. The van der Waals surface area contributed by atoms with Crippen LogP contribution < -0.4 is 5.46 Å². The summed E-state index contributed by atoms with van der Waals surface area (Å²) < 4.78 is 25.1. The highest BCUT2D eigenvalue weighted by molar-refractivity contribution is 6.62. The predicted molar refractivity (Wildman–Crippen MR) is 142 cm³/mol. The number of benzene rings is 4. The smallest absolute Gasteiger partial charge is 0.456 e. The summed E-state index contributed by atoms with van der Waals surface area (Å²) in [5.74, 6) is 0. The first kappa shape index (κ1) is 20.8. The Morgan fingerprint density at radius 2 is 1.23 bits per heavy atom. The molecular formula is C30H25BO4. The minimum Gasteiger partial charge on any atom is -0.456 e. The third-order valence-electron chi connectivity index (χ3n) is 7.74. The number of furan rings is 2. The zero-order chi connectivity index (χ0) is 23.9.